The van der Waals surface area contributed by atoms with Gasteiger partial charge in [-0.3, -0.25) is 19.4 Å². The number of aromatic nitrogens is 1. The van der Waals surface area contributed by atoms with Gasteiger partial charge in [-0.15, -0.1) is 0 Å². The smallest absolute Gasteiger partial charge is 0.256 e. The highest BCUT2D eigenvalue weighted by atomic mass is 19.1. The van der Waals surface area contributed by atoms with Gasteiger partial charge in [-0.05, 0) is 49.9 Å². The molecule has 2 aliphatic heterocycles. The van der Waals surface area contributed by atoms with Crippen LogP contribution in [0.25, 0.3) is 0 Å². The van der Waals surface area contributed by atoms with Gasteiger partial charge in [0.2, 0.25) is 11.8 Å². The first kappa shape index (κ1) is 22.8. The van der Waals surface area contributed by atoms with Gasteiger partial charge in [0.1, 0.15) is 11.6 Å². The number of carbonyl (C=O) groups is 3. The molecule has 2 aromatic rings. The summed E-state index contributed by atoms with van der Waals surface area (Å²) in [4.78, 5) is 45.3. The van der Waals surface area contributed by atoms with Crippen molar-refractivity contribution in [2.75, 3.05) is 31.5 Å². The van der Waals surface area contributed by atoms with Gasteiger partial charge in [-0.25, -0.2) is 8.78 Å². The third-order valence-electron chi connectivity index (χ3n) is 6.42. The van der Waals surface area contributed by atoms with E-state index in [0.717, 1.165) is 12.1 Å². The van der Waals surface area contributed by atoms with Crippen molar-refractivity contribution in [3.63, 3.8) is 0 Å². The molecule has 9 heteroatoms. The summed E-state index contributed by atoms with van der Waals surface area (Å²) in [5, 5.41) is 2.89. The van der Waals surface area contributed by atoms with Gasteiger partial charge >= 0.3 is 0 Å². The predicted octanol–water partition coefficient (Wildman–Crippen LogP) is 3.09. The summed E-state index contributed by atoms with van der Waals surface area (Å²) in [6.45, 7) is 1.73. The molecule has 0 radical (unpaired) electrons. The largest absolute Gasteiger partial charge is 0.342 e. The Hall–Kier alpha value is -3.36. The van der Waals surface area contributed by atoms with Crippen LogP contribution < -0.4 is 5.32 Å². The van der Waals surface area contributed by atoms with Gasteiger partial charge in [-0.1, -0.05) is 0 Å². The number of piperidine rings is 2. The van der Waals surface area contributed by atoms with Crippen LogP contribution in [0.1, 0.15) is 36.0 Å². The van der Waals surface area contributed by atoms with Crippen LogP contribution in [0.3, 0.4) is 0 Å². The van der Waals surface area contributed by atoms with Crippen molar-refractivity contribution < 1.29 is 23.2 Å². The Morgan fingerprint density at radius 2 is 1.45 bits per heavy atom. The third-order valence-corrected chi connectivity index (χ3v) is 6.42. The minimum absolute atomic E-state index is 0.0445. The summed E-state index contributed by atoms with van der Waals surface area (Å²) in [7, 11) is 0. The van der Waals surface area contributed by atoms with E-state index in [0.29, 0.717) is 63.6 Å². The topological polar surface area (TPSA) is 82.6 Å². The molecule has 2 saturated heterocycles. The molecule has 174 valence electrons. The van der Waals surface area contributed by atoms with E-state index in [9.17, 15) is 23.2 Å². The molecule has 3 amide bonds. The van der Waals surface area contributed by atoms with Gasteiger partial charge in [0.25, 0.3) is 5.91 Å². The number of hydrogen-bond donors (Lipinski definition) is 1. The molecule has 1 aromatic heterocycles. The molecular weight excluding hydrogens is 430 g/mol. The number of anilines is 1. The molecule has 2 aliphatic rings. The van der Waals surface area contributed by atoms with Crippen LogP contribution in [0.15, 0.2) is 42.7 Å². The molecule has 0 atom stereocenters. The molecule has 1 aromatic carbocycles. The zero-order valence-electron chi connectivity index (χ0n) is 18.2. The quantitative estimate of drug-likeness (QED) is 0.767. The van der Waals surface area contributed by atoms with Gasteiger partial charge in [0, 0.05) is 62.2 Å². The summed E-state index contributed by atoms with van der Waals surface area (Å²) in [6.07, 6.45) is 5.43. The lowest BCUT2D eigenvalue weighted by Gasteiger charge is -2.37. The highest BCUT2D eigenvalue weighted by Gasteiger charge is 2.34. The molecule has 33 heavy (non-hydrogen) atoms. The highest BCUT2D eigenvalue weighted by Crippen LogP contribution is 2.26. The van der Waals surface area contributed by atoms with E-state index in [2.05, 4.69) is 10.3 Å². The standard InChI is InChI=1S/C24H26F2N4O3/c25-18-1-2-20(21(26)15-18)24(33)30-13-7-17(8-14-30)23(32)29-11-5-16(6-12-29)22(31)28-19-3-9-27-10-4-19/h1-4,9-10,15-17H,5-8,11-14H2,(H,27,28,31). The number of carbonyl (C=O) groups excluding carboxylic acids is 3. The molecule has 2 fully saturated rings. The fourth-order valence-electron chi connectivity index (χ4n) is 4.46. The first-order valence-electron chi connectivity index (χ1n) is 11.2. The predicted molar refractivity (Wildman–Crippen MR) is 117 cm³/mol. The summed E-state index contributed by atoms with van der Waals surface area (Å²) < 4.78 is 27.0. The Kier molecular flexibility index (Phi) is 6.96. The second-order valence-corrected chi connectivity index (χ2v) is 8.52. The van der Waals surface area contributed by atoms with Crippen LogP contribution in [-0.2, 0) is 9.59 Å². The number of nitrogens with zero attached hydrogens (tertiary/aromatic N) is 3. The Labute approximate surface area is 190 Å². The Balaban J connectivity index is 1.25. The number of rotatable bonds is 4. The van der Waals surface area contributed by atoms with Crippen molar-refractivity contribution in [3.05, 3.63) is 59.9 Å². The van der Waals surface area contributed by atoms with Gasteiger partial charge < -0.3 is 15.1 Å². The molecule has 0 unspecified atom stereocenters. The van der Waals surface area contributed by atoms with E-state index >= 15 is 0 Å². The van der Waals surface area contributed by atoms with Gasteiger partial charge in [-0.2, -0.15) is 0 Å². The first-order chi connectivity index (χ1) is 15.9. The van der Waals surface area contributed by atoms with Gasteiger partial charge in [0.05, 0.1) is 5.56 Å². The van der Waals surface area contributed by atoms with E-state index in [1.807, 2.05) is 0 Å². The highest BCUT2D eigenvalue weighted by molar-refractivity contribution is 5.95. The van der Waals surface area contributed by atoms with Gasteiger partial charge in [0.15, 0.2) is 0 Å². The molecule has 3 heterocycles. The number of benzene rings is 1. The van der Waals surface area contributed by atoms with Crippen molar-refractivity contribution in [3.8, 4) is 0 Å². The number of pyridine rings is 1. The van der Waals surface area contributed by atoms with Crippen molar-refractivity contribution >= 4 is 23.4 Å². The molecule has 1 N–H and O–H groups in total. The van der Waals surface area contributed by atoms with Crippen LogP contribution >= 0.6 is 0 Å². The maximum Gasteiger partial charge on any atom is 0.256 e. The van der Waals surface area contributed by atoms with Crippen molar-refractivity contribution in [1.29, 1.82) is 0 Å². The number of nitrogens with one attached hydrogen (secondary N) is 1. The fourth-order valence-corrected chi connectivity index (χ4v) is 4.46. The first-order valence-corrected chi connectivity index (χ1v) is 11.2. The molecule has 0 spiro atoms. The molecule has 0 bridgehead atoms. The minimum Gasteiger partial charge on any atom is -0.342 e. The fraction of sp³-hybridized carbons (Fsp3) is 0.417. The van der Waals surface area contributed by atoms with Crippen molar-refractivity contribution in [2.45, 2.75) is 25.7 Å². The van der Waals surface area contributed by atoms with Crippen LogP contribution in [-0.4, -0.2) is 58.7 Å². The molecule has 4 rings (SSSR count). The van der Waals surface area contributed by atoms with Crippen LogP contribution in [0, 0.1) is 23.5 Å². The average molecular weight is 456 g/mol. The maximum absolute atomic E-state index is 13.9. The Bertz CT molecular complexity index is 1020. The van der Waals surface area contributed by atoms with E-state index in [1.54, 1.807) is 29.4 Å². The number of likely N-dealkylation sites (tertiary alicyclic amines) is 2. The van der Waals surface area contributed by atoms with E-state index in [1.165, 1.54) is 4.90 Å². The second-order valence-electron chi connectivity index (χ2n) is 8.52. The van der Waals surface area contributed by atoms with Crippen molar-refractivity contribution in [2.24, 2.45) is 11.8 Å². The zero-order chi connectivity index (χ0) is 23.4. The zero-order valence-corrected chi connectivity index (χ0v) is 18.2. The van der Waals surface area contributed by atoms with Crippen LogP contribution in [0.4, 0.5) is 14.5 Å². The second kappa shape index (κ2) is 10.1. The summed E-state index contributed by atoms with van der Waals surface area (Å²) in [6, 6.07) is 6.38. The Morgan fingerprint density at radius 1 is 0.848 bits per heavy atom. The Morgan fingerprint density at radius 3 is 2.09 bits per heavy atom. The van der Waals surface area contributed by atoms with E-state index in [-0.39, 0.29) is 29.2 Å². The lowest BCUT2D eigenvalue weighted by Crippen LogP contribution is -2.47. The summed E-state index contributed by atoms with van der Waals surface area (Å²) in [5.74, 6) is -2.45. The molecule has 7 nitrogen and oxygen atoms in total. The van der Waals surface area contributed by atoms with Crippen molar-refractivity contribution in [1.82, 2.24) is 14.8 Å². The summed E-state index contributed by atoms with van der Waals surface area (Å²) >= 11 is 0. The van der Waals surface area contributed by atoms with Crippen LogP contribution in [0.5, 0.6) is 0 Å². The maximum atomic E-state index is 13.9. The lowest BCUT2D eigenvalue weighted by molar-refractivity contribution is -0.139. The number of hydrogen-bond acceptors (Lipinski definition) is 4. The average Bonchev–Trinajstić information content (AvgIpc) is 2.84. The minimum atomic E-state index is -0.881. The normalized spacial score (nSPS) is 17.6. The molecular formula is C24H26F2N4O3. The molecule has 0 saturated carbocycles. The number of halogens is 2. The van der Waals surface area contributed by atoms with E-state index < -0.39 is 17.5 Å². The van der Waals surface area contributed by atoms with E-state index in [4.69, 9.17) is 0 Å². The monoisotopic (exact) mass is 456 g/mol. The SMILES string of the molecule is O=C(Nc1ccncc1)C1CCN(C(=O)C2CCN(C(=O)c3ccc(F)cc3F)CC2)CC1. The molecule has 0 aliphatic carbocycles. The van der Waals surface area contributed by atoms with Crippen LogP contribution in [0.2, 0.25) is 0 Å². The number of amides is 3. The third kappa shape index (κ3) is 5.35. The summed E-state index contributed by atoms with van der Waals surface area (Å²) in [5.41, 5.74) is 0.545. The lowest BCUT2D eigenvalue weighted by atomic mass is 9.91.